The van der Waals surface area contributed by atoms with Gasteiger partial charge in [-0.15, -0.1) is 0 Å². The van der Waals surface area contributed by atoms with E-state index in [9.17, 15) is 13.2 Å². The number of carbonyl (C=O) groups excluding carboxylic acids is 1. The van der Waals surface area contributed by atoms with Crippen molar-refractivity contribution in [2.45, 2.75) is 58.3 Å². The normalized spacial score (nSPS) is 12.2. The molecule has 0 heterocycles. The van der Waals surface area contributed by atoms with E-state index < -0.39 is 10.0 Å². The standard InChI is InChI=1S/C26H38N2O5S/c1-7-9-10-21(8-2)17-27-26(29)18-28(22-14-19(3)13-20(4)15-22)34(30,31)23-11-12-24(32-5)25(16-23)33-6/h11-16,21H,7-10,17-18H2,1-6H3,(H,27,29)/t21-/m1/s1. The minimum atomic E-state index is -4.06. The van der Waals surface area contributed by atoms with Crippen LogP contribution >= 0.6 is 0 Å². The average molecular weight is 491 g/mol. The lowest BCUT2D eigenvalue weighted by Gasteiger charge is -2.26. The highest BCUT2D eigenvalue weighted by molar-refractivity contribution is 7.92. The van der Waals surface area contributed by atoms with Gasteiger partial charge < -0.3 is 14.8 Å². The van der Waals surface area contributed by atoms with Crippen LogP contribution in [0.15, 0.2) is 41.3 Å². The van der Waals surface area contributed by atoms with Crippen molar-refractivity contribution in [3.05, 3.63) is 47.5 Å². The molecule has 2 aromatic carbocycles. The van der Waals surface area contributed by atoms with E-state index >= 15 is 0 Å². The van der Waals surface area contributed by atoms with Crippen LogP contribution < -0.4 is 19.1 Å². The smallest absolute Gasteiger partial charge is 0.264 e. The Labute approximate surface area is 204 Å². The first-order chi connectivity index (χ1) is 16.2. The van der Waals surface area contributed by atoms with Gasteiger partial charge in [0, 0.05) is 12.6 Å². The molecule has 0 radical (unpaired) electrons. The molecular weight excluding hydrogens is 452 g/mol. The lowest BCUT2D eigenvalue weighted by atomic mass is 9.99. The zero-order valence-electron chi connectivity index (χ0n) is 21.2. The number of anilines is 1. The van der Waals surface area contributed by atoms with Gasteiger partial charge in [0.05, 0.1) is 24.8 Å². The van der Waals surface area contributed by atoms with Crippen LogP contribution in [-0.2, 0) is 14.8 Å². The number of unbranched alkanes of at least 4 members (excludes halogenated alkanes) is 1. The van der Waals surface area contributed by atoms with Crippen molar-refractivity contribution >= 4 is 21.6 Å². The molecule has 8 heteroatoms. The molecule has 0 aromatic heterocycles. The fourth-order valence-electron chi connectivity index (χ4n) is 3.90. The first-order valence-corrected chi connectivity index (χ1v) is 13.2. The summed E-state index contributed by atoms with van der Waals surface area (Å²) in [5.74, 6) is 0.768. The molecule has 0 saturated heterocycles. The molecule has 0 fully saturated rings. The fourth-order valence-corrected chi connectivity index (χ4v) is 5.32. The molecule has 34 heavy (non-hydrogen) atoms. The molecule has 0 bridgehead atoms. The van der Waals surface area contributed by atoms with Gasteiger partial charge in [0.1, 0.15) is 6.54 Å². The zero-order chi connectivity index (χ0) is 25.3. The Morgan fingerprint density at radius 1 is 1.00 bits per heavy atom. The molecule has 7 nitrogen and oxygen atoms in total. The van der Waals surface area contributed by atoms with Crippen molar-refractivity contribution < 1.29 is 22.7 Å². The number of nitrogens with one attached hydrogen (secondary N) is 1. The SMILES string of the molecule is CCCC[C@@H](CC)CNC(=O)CN(c1cc(C)cc(C)c1)S(=O)(=O)c1ccc(OC)c(OC)c1. The molecule has 0 unspecified atom stereocenters. The number of ether oxygens (including phenoxy) is 2. The van der Waals surface area contributed by atoms with Crippen molar-refractivity contribution in [2.24, 2.45) is 5.92 Å². The van der Waals surface area contributed by atoms with Crippen LogP contribution in [-0.4, -0.2) is 41.6 Å². The van der Waals surface area contributed by atoms with Crippen LogP contribution in [0.5, 0.6) is 11.5 Å². The molecule has 1 N–H and O–H groups in total. The van der Waals surface area contributed by atoms with E-state index in [-0.39, 0.29) is 17.3 Å². The molecule has 1 amide bonds. The van der Waals surface area contributed by atoms with Crippen molar-refractivity contribution in [3.8, 4) is 11.5 Å². The van der Waals surface area contributed by atoms with Crippen molar-refractivity contribution in [2.75, 3.05) is 31.6 Å². The topological polar surface area (TPSA) is 84.9 Å². The van der Waals surface area contributed by atoms with Crippen molar-refractivity contribution in [1.82, 2.24) is 5.32 Å². The first kappa shape index (κ1) is 27.5. The number of hydrogen-bond donors (Lipinski definition) is 1. The maximum atomic E-state index is 13.7. The van der Waals surface area contributed by atoms with Gasteiger partial charge >= 0.3 is 0 Å². The highest BCUT2D eigenvalue weighted by Gasteiger charge is 2.29. The molecule has 2 aromatic rings. The Bertz CT molecular complexity index is 1050. The zero-order valence-corrected chi connectivity index (χ0v) is 22.0. The third kappa shape index (κ3) is 7.13. The predicted molar refractivity (Wildman–Crippen MR) is 136 cm³/mol. The second kappa shape index (κ2) is 12.6. The van der Waals surface area contributed by atoms with Crippen molar-refractivity contribution in [1.29, 1.82) is 0 Å². The average Bonchev–Trinajstić information content (AvgIpc) is 2.81. The van der Waals surface area contributed by atoms with E-state index in [0.29, 0.717) is 29.6 Å². The summed E-state index contributed by atoms with van der Waals surface area (Å²) < 4.78 is 39.2. The summed E-state index contributed by atoms with van der Waals surface area (Å²) in [7, 11) is -1.12. The molecular formula is C26H38N2O5S. The van der Waals surface area contributed by atoms with Crippen LogP contribution in [0, 0.1) is 19.8 Å². The molecule has 0 saturated carbocycles. The number of rotatable bonds is 13. The van der Waals surface area contributed by atoms with E-state index in [0.717, 1.165) is 41.1 Å². The maximum absolute atomic E-state index is 13.7. The number of amides is 1. The second-order valence-corrected chi connectivity index (χ2v) is 10.5. The van der Waals surface area contributed by atoms with E-state index in [4.69, 9.17) is 9.47 Å². The third-order valence-electron chi connectivity index (χ3n) is 5.86. The first-order valence-electron chi connectivity index (χ1n) is 11.8. The van der Waals surface area contributed by atoms with Crippen LogP contribution in [0.25, 0.3) is 0 Å². The second-order valence-electron chi connectivity index (χ2n) is 8.59. The molecule has 2 rings (SSSR count). The van der Waals surface area contributed by atoms with Crippen molar-refractivity contribution in [3.63, 3.8) is 0 Å². The molecule has 1 atom stereocenters. The van der Waals surface area contributed by atoms with Crippen LogP contribution in [0.2, 0.25) is 0 Å². The Morgan fingerprint density at radius 3 is 2.21 bits per heavy atom. The number of benzene rings is 2. The molecule has 0 aliphatic heterocycles. The van der Waals surface area contributed by atoms with Gasteiger partial charge in [-0.25, -0.2) is 8.42 Å². The summed E-state index contributed by atoms with van der Waals surface area (Å²) in [5, 5.41) is 2.95. The van der Waals surface area contributed by atoms with Gasteiger partial charge in [-0.05, 0) is 61.6 Å². The monoisotopic (exact) mass is 490 g/mol. The Hall–Kier alpha value is -2.74. The number of hydrogen-bond acceptors (Lipinski definition) is 5. The molecule has 0 spiro atoms. The number of nitrogens with zero attached hydrogens (tertiary/aromatic N) is 1. The summed E-state index contributed by atoms with van der Waals surface area (Å²) in [4.78, 5) is 13.0. The van der Waals surface area contributed by atoms with Gasteiger partial charge in [0.2, 0.25) is 5.91 Å². The quantitative estimate of drug-likeness (QED) is 0.434. The fraction of sp³-hybridized carbons (Fsp3) is 0.500. The van der Waals surface area contributed by atoms with E-state index in [2.05, 4.69) is 19.2 Å². The van der Waals surface area contributed by atoms with Crippen LogP contribution in [0.3, 0.4) is 0 Å². The summed E-state index contributed by atoms with van der Waals surface area (Å²) >= 11 is 0. The summed E-state index contributed by atoms with van der Waals surface area (Å²) in [6, 6.07) is 9.93. The maximum Gasteiger partial charge on any atom is 0.264 e. The lowest BCUT2D eigenvalue weighted by Crippen LogP contribution is -2.42. The summed E-state index contributed by atoms with van der Waals surface area (Å²) in [6.07, 6.45) is 4.22. The molecule has 0 aliphatic carbocycles. The minimum absolute atomic E-state index is 0.0199. The largest absolute Gasteiger partial charge is 0.493 e. The summed E-state index contributed by atoms with van der Waals surface area (Å²) in [6.45, 7) is 8.27. The number of aryl methyl sites for hydroxylation is 2. The highest BCUT2D eigenvalue weighted by atomic mass is 32.2. The predicted octanol–water partition coefficient (Wildman–Crippen LogP) is 4.85. The van der Waals surface area contributed by atoms with Gasteiger partial charge in [-0.1, -0.05) is 39.2 Å². The van der Waals surface area contributed by atoms with E-state index in [1.807, 2.05) is 19.9 Å². The Balaban J connectivity index is 2.39. The van der Waals surface area contributed by atoms with E-state index in [1.54, 1.807) is 18.2 Å². The third-order valence-corrected chi connectivity index (χ3v) is 7.63. The number of carbonyl (C=O) groups is 1. The van der Waals surface area contributed by atoms with Gasteiger partial charge in [-0.3, -0.25) is 9.10 Å². The Morgan fingerprint density at radius 2 is 1.65 bits per heavy atom. The van der Waals surface area contributed by atoms with Crippen LogP contribution in [0.4, 0.5) is 5.69 Å². The summed E-state index contributed by atoms with van der Waals surface area (Å²) in [5.41, 5.74) is 2.27. The number of sulfonamides is 1. The van der Waals surface area contributed by atoms with Crippen LogP contribution in [0.1, 0.15) is 50.7 Å². The molecule has 0 aliphatic rings. The van der Waals surface area contributed by atoms with Gasteiger partial charge in [0.25, 0.3) is 10.0 Å². The Kier molecular flexibility index (Phi) is 10.2. The lowest BCUT2D eigenvalue weighted by molar-refractivity contribution is -0.119. The van der Waals surface area contributed by atoms with E-state index in [1.165, 1.54) is 26.4 Å². The van der Waals surface area contributed by atoms with Gasteiger partial charge in [0.15, 0.2) is 11.5 Å². The minimum Gasteiger partial charge on any atom is -0.493 e. The van der Waals surface area contributed by atoms with Gasteiger partial charge in [-0.2, -0.15) is 0 Å². The highest BCUT2D eigenvalue weighted by Crippen LogP contribution is 2.32. The molecule has 188 valence electrons. The number of methoxy groups -OCH3 is 2.